The van der Waals surface area contributed by atoms with Gasteiger partial charge >= 0.3 is 0 Å². The molecule has 0 atom stereocenters. The van der Waals surface area contributed by atoms with Gasteiger partial charge in [-0.1, -0.05) is 13.8 Å². The molecule has 0 aliphatic rings. The monoisotopic (exact) mass is 252 g/mol. The largest absolute Gasteiger partial charge is 0.354 e. The van der Waals surface area contributed by atoms with Crippen LogP contribution in [-0.4, -0.2) is 27.8 Å². The molecule has 0 bridgehead atoms. The van der Waals surface area contributed by atoms with Gasteiger partial charge < -0.3 is 11.1 Å². The summed E-state index contributed by atoms with van der Waals surface area (Å²) in [7, 11) is 1.87. The van der Waals surface area contributed by atoms with Crippen molar-refractivity contribution >= 4 is 5.91 Å². The minimum Gasteiger partial charge on any atom is -0.354 e. The average molecular weight is 252 g/mol. The van der Waals surface area contributed by atoms with Gasteiger partial charge in [0.05, 0.1) is 6.20 Å². The molecule has 3 N–H and O–H groups in total. The van der Waals surface area contributed by atoms with Crippen molar-refractivity contribution in [3.63, 3.8) is 0 Å². The molecule has 18 heavy (non-hydrogen) atoms. The van der Waals surface area contributed by atoms with Gasteiger partial charge in [-0.15, -0.1) is 0 Å². The van der Waals surface area contributed by atoms with Crippen LogP contribution in [-0.2, 0) is 18.3 Å². The van der Waals surface area contributed by atoms with Crippen LogP contribution in [0.4, 0.5) is 0 Å². The highest BCUT2D eigenvalue weighted by Crippen LogP contribution is 2.09. The van der Waals surface area contributed by atoms with Crippen LogP contribution in [0.1, 0.15) is 38.7 Å². The second-order valence-corrected chi connectivity index (χ2v) is 4.87. The minimum absolute atomic E-state index is 0.0515. The predicted molar refractivity (Wildman–Crippen MR) is 72.0 cm³/mol. The van der Waals surface area contributed by atoms with Crippen molar-refractivity contribution in [2.45, 2.75) is 45.1 Å². The summed E-state index contributed by atoms with van der Waals surface area (Å²) in [6, 6.07) is 0. The Morgan fingerprint density at radius 2 is 2.17 bits per heavy atom. The van der Waals surface area contributed by atoms with Crippen LogP contribution >= 0.6 is 0 Å². The Hall–Kier alpha value is -1.36. The van der Waals surface area contributed by atoms with E-state index in [1.54, 1.807) is 10.9 Å². The van der Waals surface area contributed by atoms with E-state index in [0.29, 0.717) is 13.0 Å². The lowest BCUT2D eigenvalue weighted by Crippen LogP contribution is -2.49. The maximum absolute atomic E-state index is 11.7. The number of nitrogens with two attached hydrogens (primary N) is 1. The minimum atomic E-state index is -0.274. The Morgan fingerprint density at radius 3 is 2.67 bits per heavy atom. The normalized spacial score (nSPS) is 11.6. The Morgan fingerprint density at radius 1 is 1.50 bits per heavy atom. The van der Waals surface area contributed by atoms with E-state index < -0.39 is 0 Å². The number of nitrogens with zero attached hydrogens (tertiary/aromatic N) is 2. The van der Waals surface area contributed by atoms with Crippen molar-refractivity contribution in [1.82, 2.24) is 15.1 Å². The zero-order valence-corrected chi connectivity index (χ0v) is 11.6. The molecule has 0 aromatic carbocycles. The predicted octanol–water partition coefficient (Wildman–Crippen LogP) is 0.986. The summed E-state index contributed by atoms with van der Waals surface area (Å²) in [5.74, 6) is 0.0515. The highest BCUT2D eigenvalue weighted by atomic mass is 16.1. The van der Waals surface area contributed by atoms with Crippen LogP contribution in [0.25, 0.3) is 0 Å². The van der Waals surface area contributed by atoms with Crippen molar-refractivity contribution in [2.75, 3.05) is 6.54 Å². The molecule has 0 saturated carbocycles. The molecule has 5 nitrogen and oxygen atoms in total. The van der Waals surface area contributed by atoms with Crippen molar-refractivity contribution in [3.8, 4) is 0 Å². The molecule has 0 aliphatic heterocycles. The number of carbonyl (C=O) groups is 1. The first-order valence-corrected chi connectivity index (χ1v) is 6.52. The van der Waals surface area contributed by atoms with Crippen molar-refractivity contribution in [3.05, 3.63) is 18.0 Å². The topological polar surface area (TPSA) is 72.9 Å². The van der Waals surface area contributed by atoms with Crippen LogP contribution in [0.15, 0.2) is 12.4 Å². The van der Waals surface area contributed by atoms with E-state index in [1.165, 1.54) is 0 Å². The number of aromatic nitrogens is 2. The van der Waals surface area contributed by atoms with E-state index in [9.17, 15) is 4.79 Å². The fourth-order valence-electron chi connectivity index (χ4n) is 1.72. The van der Waals surface area contributed by atoms with Crippen LogP contribution in [0.5, 0.6) is 0 Å². The summed E-state index contributed by atoms with van der Waals surface area (Å²) >= 11 is 0. The molecule has 0 fully saturated rings. The van der Waals surface area contributed by atoms with E-state index in [0.717, 1.165) is 24.8 Å². The zero-order valence-electron chi connectivity index (χ0n) is 11.6. The van der Waals surface area contributed by atoms with Gasteiger partial charge in [0, 0.05) is 31.7 Å². The summed E-state index contributed by atoms with van der Waals surface area (Å²) in [6.45, 7) is 4.64. The third-order valence-electron chi connectivity index (χ3n) is 3.44. The molecule has 1 heterocycles. The SMILES string of the molecule is CCC(N)(CC)CNC(=O)CCc1cnn(C)c1. The first kappa shape index (κ1) is 14.7. The molecule has 102 valence electrons. The number of rotatable bonds is 7. The van der Waals surface area contributed by atoms with Crippen LogP contribution in [0.2, 0.25) is 0 Å². The second kappa shape index (κ2) is 6.54. The molecule has 0 saturated heterocycles. The Labute approximate surface area is 109 Å². The van der Waals surface area contributed by atoms with Crippen molar-refractivity contribution < 1.29 is 4.79 Å². The van der Waals surface area contributed by atoms with Gasteiger partial charge in [-0.25, -0.2) is 0 Å². The average Bonchev–Trinajstić information content (AvgIpc) is 2.79. The summed E-state index contributed by atoms with van der Waals surface area (Å²) < 4.78 is 1.74. The van der Waals surface area contributed by atoms with Gasteiger partial charge in [0.15, 0.2) is 0 Å². The lowest BCUT2D eigenvalue weighted by Gasteiger charge is -2.26. The lowest BCUT2D eigenvalue weighted by atomic mass is 9.94. The third-order valence-corrected chi connectivity index (χ3v) is 3.44. The summed E-state index contributed by atoms with van der Waals surface area (Å²) in [4.78, 5) is 11.7. The van der Waals surface area contributed by atoms with E-state index in [-0.39, 0.29) is 11.4 Å². The third kappa shape index (κ3) is 4.49. The smallest absolute Gasteiger partial charge is 0.220 e. The van der Waals surface area contributed by atoms with E-state index in [2.05, 4.69) is 10.4 Å². The molecule has 0 radical (unpaired) electrons. The van der Waals surface area contributed by atoms with Gasteiger partial charge in [-0.2, -0.15) is 5.10 Å². The summed E-state index contributed by atoms with van der Waals surface area (Å²) in [5.41, 5.74) is 6.93. The van der Waals surface area contributed by atoms with Crippen LogP contribution in [0.3, 0.4) is 0 Å². The zero-order chi connectivity index (χ0) is 13.6. The van der Waals surface area contributed by atoms with E-state index >= 15 is 0 Å². The standard InChI is InChI=1S/C13H24N4O/c1-4-13(14,5-2)10-15-12(18)7-6-11-8-16-17(3)9-11/h8-9H,4-7,10,14H2,1-3H3,(H,15,18). The fraction of sp³-hybridized carbons (Fsp3) is 0.692. The number of carbonyl (C=O) groups excluding carboxylic acids is 1. The Kier molecular flexibility index (Phi) is 5.34. The summed E-state index contributed by atoms with van der Waals surface area (Å²) in [5, 5.41) is 6.98. The van der Waals surface area contributed by atoms with Crippen LogP contribution < -0.4 is 11.1 Å². The maximum atomic E-state index is 11.7. The molecule has 5 heteroatoms. The number of nitrogens with one attached hydrogen (secondary N) is 1. The first-order valence-electron chi connectivity index (χ1n) is 6.52. The highest BCUT2D eigenvalue weighted by Gasteiger charge is 2.20. The number of aryl methyl sites for hydroxylation is 2. The molecular weight excluding hydrogens is 228 g/mol. The second-order valence-electron chi connectivity index (χ2n) is 4.87. The molecule has 1 aromatic heterocycles. The number of hydrogen-bond acceptors (Lipinski definition) is 3. The van der Waals surface area contributed by atoms with Gasteiger partial charge in [0.1, 0.15) is 0 Å². The lowest BCUT2D eigenvalue weighted by molar-refractivity contribution is -0.121. The molecule has 1 aromatic rings. The van der Waals surface area contributed by atoms with Gasteiger partial charge in [-0.05, 0) is 24.8 Å². The van der Waals surface area contributed by atoms with Gasteiger partial charge in [0.25, 0.3) is 0 Å². The van der Waals surface area contributed by atoms with Crippen molar-refractivity contribution in [1.29, 1.82) is 0 Å². The van der Waals surface area contributed by atoms with Gasteiger partial charge in [0.2, 0.25) is 5.91 Å². The van der Waals surface area contributed by atoms with Crippen LogP contribution in [0, 0.1) is 0 Å². The number of amides is 1. The van der Waals surface area contributed by atoms with Gasteiger partial charge in [-0.3, -0.25) is 9.48 Å². The quantitative estimate of drug-likeness (QED) is 0.760. The Bertz CT molecular complexity index is 382. The molecule has 0 unspecified atom stereocenters. The Balaban J connectivity index is 2.30. The summed E-state index contributed by atoms with van der Waals surface area (Å²) in [6.07, 6.45) is 6.65. The van der Waals surface area contributed by atoms with Crippen molar-refractivity contribution in [2.24, 2.45) is 12.8 Å². The maximum Gasteiger partial charge on any atom is 0.220 e. The first-order chi connectivity index (χ1) is 8.49. The van der Waals surface area contributed by atoms with E-state index in [1.807, 2.05) is 27.1 Å². The molecule has 1 rings (SSSR count). The molecule has 0 aliphatic carbocycles. The van der Waals surface area contributed by atoms with E-state index in [4.69, 9.17) is 5.73 Å². The molecule has 1 amide bonds. The molecule has 0 spiro atoms. The molecular formula is C13H24N4O. The fourth-order valence-corrected chi connectivity index (χ4v) is 1.72. The highest BCUT2D eigenvalue weighted by molar-refractivity contribution is 5.76. The number of hydrogen-bond donors (Lipinski definition) is 2.